The number of hydrogen-bond donors (Lipinski definition) is 4. The average molecular weight is 567 g/mol. The van der Waals surface area contributed by atoms with E-state index in [1.54, 1.807) is 23.6 Å². The van der Waals surface area contributed by atoms with Gasteiger partial charge in [-0.25, -0.2) is 9.37 Å². The lowest BCUT2D eigenvalue weighted by atomic mass is 10.1. The van der Waals surface area contributed by atoms with Crippen molar-refractivity contribution in [3.8, 4) is 11.1 Å². The Morgan fingerprint density at radius 2 is 1.90 bits per heavy atom. The molecule has 2 aliphatic rings. The molecule has 208 valence electrons. The normalized spacial score (nSPS) is 17.6. The standard InChI is InChI=1S/C27H27FN6O5S/c28-20-9-17(16-4-2-1-3-5-16)11-31-23(20)26(37)33-13-22(35)34-15-27(38-6-7-39-27)10-21(34)25(36)32-12-19-8-18(14-40-19)24(29)30/h1-5,8-9,11,14,21H,6-7,10,12-13,15H2,(H3,29,30)(H,32,36)(H,33,37)/t21-/m0/s1. The van der Waals surface area contributed by atoms with Crippen LogP contribution in [0.15, 0.2) is 54.0 Å². The van der Waals surface area contributed by atoms with E-state index >= 15 is 0 Å². The molecule has 1 atom stereocenters. The number of aromatic nitrogens is 1. The van der Waals surface area contributed by atoms with Gasteiger partial charge >= 0.3 is 0 Å². The Labute approximate surface area is 233 Å². The first-order chi connectivity index (χ1) is 19.2. The van der Waals surface area contributed by atoms with Gasteiger partial charge in [0.15, 0.2) is 17.3 Å². The van der Waals surface area contributed by atoms with Crippen LogP contribution in [0.1, 0.15) is 27.3 Å². The minimum absolute atomic E-state index is 0.00562. The number of nitrogens with one attached hydrogen (secondary N) is 3. The lowest BCUT2D eigenvalue weighted by Gasteiger charge is -2.24. The molecule has 2 aromatic heterocycles. The summed E-state index contributed by atoms with van der Waals surface area (Å²) in [5.41, 5.74) is 6.89. The number of amides is 3. The number of ether oxygens (including phenoxy) is 2. The average Bonchev–Trinajstić information content (AvgIpc) is 3.71. The molecule has 2 fully saturated rings. The van der Waals surface area contributed by atoms with E-state index in [9.17, 15) is 18.8 Å². The van der Waals surface area contributed by atoms with Crippen molar-refractivity contribution >= 4 is 34.9 Å². The van der Waals surface area contributed by atoms with Crippen molar-refractivity contribution in [1.29, 1.82) is 5.41 Å². The molecule has 13 heteroatoms. The molecule has 5 N–H and O–H groups in total. The number of benzene rings is 1. The van der Waals surface area contributed by atoms with Crippen molar-refractivity contribution in [2.45, 2.75) is 24.8 Å². The first kappa shape index (κ1) is 27.4. The smallest absolute Gasteiger partial charge is 0.273 e. The van der Waals surface area contributed by atoms with Crippen LogP contribution in [-0.4, -0.2) is 71.6 Å². The molecule has 2 saturated heterocycles. The molecule has 40 heavy (non-hydrogen) atoms. The highest BCUT2D eigenvalue weighted by atomic mass is 32.1. The van der Waals surface area contributed by atoms with Crippen molar-refractivity contribution in [3.05, 3.63) is 76.0 Å². The highest BCUT2D eigenvalue weighted by Gasteiger charge is 2.52. The third-order valence-corrected chi connectivity index (χ3v) is 7.63. The summed E-state index contributed by atoms with van der Waals surface area (Å²) in [6.07, 6.45) is 1.51. The maximum absolute atomic E-state index is 14.7. The van der Waals surface area contributed by atoms with E-state index in [4.69, 9.17) is 20.6 Å². The van der Waals surface area contributed by atoms with Crippen LogP contribution in [0.3, 0.4) is 0 Å². The van der Waals surface area contributed by atoms with Crippen LogP contribution in [0.4, 0.5) is 4.39 Å². The topological polar surface area (TPSA) is 160 Å². The van der Waals surface area contributed by atoms with Gasteiger partial charge in [-0.15, -0.1) is 11.3 Å². The van der Waals surface area contributed by atoms with Crippen molar-refractivity contribution in [3.63, 3.8) is 0 Å². The Morgan fingerprint density at radius 1 is 1.15 bits per heavy atom. The largest absolute Gasteiger partial charge is 0.384 e. The third kappa shape index (κ3) is 5.86. The molecule has 0 unspecified atom stereocenters. The molecule has 4 heterocycles. The van der Waals surface area contributed by atoms with Gasteiger partial charge < -0.3 is 30.7 Å². The maximum Gasteiger partial charge on any atom is 0.273 e. The quantitative estimate of drug-likeness (QED) is 0.238. The van der Waals surface area contributed by atoms with Crippen LogP contribution >= 0.6 is 11.3 Å². The lowest BCUT2D eigenvalue weighted by Crippen LogP contribution is -2.49. The Balaban J connectivity index is 1.23. The highest BCUT2D eigenvalue weighted by Crippen LogP contribution is 2.35. The highest BCUT2D eigenvalue weighted by molar-refractivity contribution is 7.10. The number of rotatable bonds is 8. The summed E-state index contributed by atoms with van der Waals surface area (Å²) in [4.78, 5) is 45.1. The second-order valence-electron chi connectivity index (χ2n) is 9.39. The summed E-state index contributed by atoms with van der Waals surface area (Å²) in [5.74, 6) is -3.82. The van der Waals surface area contributed by atoms with Gasteiger partial charge in [0.25, 0.3) is 5.91 Å². The molecule has 0 bridgehead atoms. The first-order valence-electron chi connectivity index (χ1n) is 12.5. The van der Waals surface area contributed by atoms with Gasteiger partial charge in [-0.2, -0.15) is 0 Å². The summed E-state index contributed by atoms with van der Waals surface area (Å²) in [5, 5.41) is 14.5. The van der Waals surface area contributed by atoms with E-state index in [1.165, 1.54) is 28.5 Å². The Hall–Kier alpha value is -4.20. The molecule has 2 aliphatic heterocycles. The fraction of sp³-hybridized carbons (Fsp3) is 0.296. The maximum atomic E-state index is 14.7. The molecule has 0 radical (unpaired) electrons. The summed E-state index contributed by atoms with van der Waals surface area (Å²) in [6, 6.07) is 11.1. The summed E-state index contributed by atoms with van der Waals surface area (Å²) < 4.78 is 26.2. The zero-order chi connectivity index (χ0) is 28.3. The minimum atomic E-state index is -1.10. The van der Waals surface area contributed by atoms with E-state index < -0.39 is 47.6 Å². The summed E-state index contributed by atoms with van der Waals surface area (Å²) >= 11 is 1.35. The number of nitrogen functional groups attached to an aromatic ring is 1. The zero-order valence-corrected chi connectivity index (χ0v) is 22.1. The zero-order valence-electron chi connectivity index (χ0n) is 21.3. The fourth-order valence-corrected chi connectivity index (χ4v) is 5.51. The molecule has 0 aliphatic carbocycles. The van der Waals surface area contributed by atoms with E-state index in [2.05, 4.69) is 15.6 Å². The predicted octanol–water partition coefficient (Wildman–Crippen LogP) is 1.62. The van der Waals surface area contributed by atoms with Crippen LogP contribution in [0.5, 0.6) is 0 Å². The number of nitrogens with zero attached hydrogens (tertiary/aromatic N) is 2. The van der Waals surface area contributed by atoms with E-state index in [-0.39, 0.29) is 25.3 Å². The van der Waals surface area contributed by atoms with Crippen LogP contribution in [0.25, 0.3) is 11.1 Å². The number of carbonyl (C=O) groups excluding carboxylic acids is 3. The summed E-state index contributed by atoms with van der Waals surface area (Å²) in [7, 11) is 0. The van der Waals surface area contributed by atoms with Crippen molar-refractivity contribution in [2.75, 3.05) is 26.3 Å². The third-order valence-electron chi connectivity index (χ3n) is 6.69. The van der Waals surface area contributed by atoms with E-state index in [0.717, 1.165) is 10.4 Å². The number of amidine groups is 1. The van der Waals surface area contributed by atoms with Gasteiger partial charge in [-0.3, -0.25) is 19.8 Å². The molecule has 11 nitrogen and oxygen atoms in total. The van der Waals surface area contributed by atoms with Crippen molar-refractivity contribution in [1.82, 2.24) is 20.5 Å². The first-order valence-corrected chi connectivity index (χ1v) is 13.4. The molecular formula is C27H27FN6O5S. The van der Waals surface area contributed by atoms with Gasteiger partial charge in [-0.05, 0) is 17.7 Å². The second kappa shape index (κ2) is 11.5. The Bertz CT molecular complexity index is 1440. The van der Waals surface area contributed by atoms with Crippen LogP contribution in [-0.2, 0) is 25.6 Å². The van der Waals surface area contributed by atoms with E-state index in [1.807, 2.05) is 18.2 Å². The molecule has 3 amide bonds. The van der Waals surface area contributed by atoms with Gasteiger partial charge in [0.2, 0.25) is 11.8 Å². The van der Waals surface area contributed by atoms with Gasteiger partial charge in [0, 0.05) is 34.0 Å². The van der Waals surface area contributed by atoms with E-state index in [0.29, 0.717) is 24.3 Å². The van der Waals surface area contributed by atoms with Crippen molar-refractivity contribution in [2.24, 2.45) is 5.73 Å². The SMILES string of the molecule is N=C(N)c1csc(CNC(=O)[C@@H]2CC3(CN2C(=O)CNC(=O)c2ncc(-c4ccccc4)cc2F)OCCO3)c1. The number of hydrogen-bond acceptors (Lipinski definition) is 8. The number of thiophene rings is 1. The number of halogens is 1. The number of likely N-dealkylation sites (tertiary alicyclic amines) is 1. The Morgan fingerprint density at radius 3 is 2.58 bits per heavy atom. The number of carbonyl (C=O) groups is 3. The fourth-order valence-electron chi connectivity index (χ4n) is 4.68. The van der Waals surface area contributed by atoms with Crippen LogP contribution in [0, 0.1) is 11.2 Å². The molecule has 1 aromatic carbocycles. The molecule has 3 aromatic rings. The number of pyridine rings is 1. The van der Waals surface area contributed by atoms with Gasteiger partial charge in [-0.1, -0.05) is 30.3 Å². The number of nitrogens with two attached hydrogens (primary N) is 1. The lowest BCUT2D eigenvalue weighted by molar-refractivity contribution is -0.152. The van der Waals surface area contributed by atoms with Crippen LogP contribution in [0.2, 0.25) is 0 Å². The molecular weight excluding hydrogens is 539 g/mol. The minimum Gasteiger partial charge on any atom is -0.384 e. The Kier molecular flexibility index (Phi) is 7.87. The molecule has 5 rings (SSSR count). The molecule has 0 saturated carbocycles. The van der Waals surface area contributed by atoms with Crippen molar-refractivity contribution < 1.29 is 28.2 Å². The van der Waals surface area contributed by atoms with Gasteiger partial charge in [0.05, 0.1) is 32.8 Å². The summed E-state index contributed by atoms with van der Waals surface area (Å²) in [6.45, 7) is 0.379. The van der Waals surface area contributed by atoms with Crippen LogP contribution < -0.4 is 16.4 Å². The van der Waals surface area contributed by atoms with Gasteiger partial charge in [0.1, 0.15) is 11.9 Å². The predicted molar refractivity (Wildman–Crippen MR) is 144 cm³/mol. The molecule has 1 spiro atoms. The second-order valence-corrected chi connectivity index (χ2v) is 10.4. The monoisotopic (exact) mass is 566 g/mol.